The third-order valence-electron chi connectivity index (χ3n) is 3.05. The predicted molar refractivity (Wildman–Crippen MR) is 78.7 cm³/mol. The van der Waals surface area contributed by atoms with Crippen LogP contribution in [0.1, 0.15) is 28.9 Å². The Bertz CT molecular complexity index is 737. The highest BCUT2D eigenvalue weighted by Gasteiger charge is 2.17. The maximum atomic E-state index is 13.4. The Hall–Kier alpha value is -1.72. The quantitative estimate of drug-likeness (QED) is 0.786. The van der Waals surface area contributed by atoms with Crippen molar-refractivity contribution in [3.63, 3.8) is 0 Å². The summed E-state index contributed by atoms with van der Waals surface area (Å²) in [7, 11) is 0. The van der Waals surface area contributed by atoms with Crippen LogP contribution < -0.4 is 5.32 Å². The van der Waals surface area contributed by atoms with Crippen LogP contribution in [-0.2, 0) is 0 Å². The van der Waals surface area contributed by atoms with Gasteiger partial charge >= 0.3 is 0 Å². The second-order valence-corrected chi connectivity index (χ2v) is 5.43. The highest BCUT2D eigenvalue weighted by Crippen LogP contribution is 2.25. The van der Waals surface area contributed by atoms with Gasteiger partial charge in [-0.1, -0.05) is 29.3 Å². The standard InChI is InChI=1S/C15H10Cl2F3NO/c1-7(8-2-3-12(18)14(20)4-8)21-15(22)9-5-13(19)11(17)6-10(9)16/h2-7H,1H3,(H,21,22). The van der Waals surface area contributed by atoms with E-state index in [2.05, 4.69) is 5.32 Å². The van der Waals surface area contributed by atoms with Crippen molar-refractivity contribution in [3.05, 3.63) is 69.0 Å². The average Bonchev–Trinajstić information content (AvgIpc) is 2.45. The van der Waals surface area contributed by atoms with Gasteiger partial charge in [0.15, 0.2) is 11.6 Å². The van der Waals surface area contributed by atoms with E-state index in [1.54, 1.807) is 6.92 Å². The van der Waals surface area contributed by atoms with Gasteiger partial charge in [0.05, 0.1) is 21.7 Å². The minimum atomic E-state index is -1.02. The first-order valence-electron chi connectivity index (χ1n) is 6.20. The summed E-state index contributed by atoms with van der Waals surface area (Å²) in [5, 5.41) is 2.31. The van der Waals surface area contributed by atoms with E-state index in [9.17, 15) is 18.0 Å². The summed E-state index contributed by atoms with van der Waals surface area (Å²) in [6, 6.07) is 4.69. The zero-order chi connectivity index (χ0) is 16.4. The molecular weight excluding hydrogens is 338 g/mol. The van der Waals surface area contributed by atoms with E-state index in [0.717, 1.165) is 24.3 Å². The number of rotatable bonds is 3. The Morgan fingerprint density at radius 3 is 2.32 bits per heavy atom. The summed E-state index contributed by atoms with van der Waals surface area (Å²) in [4.78, 5) is 12.1. The molecule has 22 heavy (non-hydrogen) atoms. The van der Waals surface area contributed by atoms with Crippen LogP contribution in [0.15, 0.2) is 30.3 Å². The fraction of sp³-hybridized carbons (Fsp3) is 0.133. The second-order valence-electron chi connectivity index (χ2n) is 4.61. The van der Waals surface area contributed by atoms with Crippen molar-refractivity contribution in [3.8, 4) is 0 Å². The maximum Gasteiger partial charge on any atom is 0.253 e. The Balaban J connectivity index is 2.21. The molecule has 2 nitrogen and oxygen atoms in total. The molecule has 0 aliphatic rings. The van der Waals surface area contributed by atoms with Gasteiger partial charge in [0.2, 0.25) is 0 Å². The van der Waals surface area contributed by atoms with E-state index >= 15 is 0 Å². The van der Waals surface area contributed by atoms with E-state index in [-0.39, 0.29) is 15.6 Å². The number of nitrogens with one attached hydrogen (secondary N) is 1. The molecule has 1 N–H and O–H groups in total. The van der Waals surface area contributed by atoms with Crippen LogP contribution in [0.25, 0.3) is 0 Å². The van der Waals surface area contributed by atoms with E-state index in [1.165, 1.54) is 6.07 Å². The monoisotopic (exact) mass is 347 g/mol. The summed E-state index contributed by atoms with van der Waals surface area (Å²) in [6.07, 6.45) is 0. The summed E-state index contributed by atoms with van der Waals surface area (Å²) in [6.45, 7) is 1.57. The van der Waals surface area contributed by atoms with Gasteiger partial charge in [-0.2, -0.15) is 0 Å². The molecule has 0 saturated carbocycles. The lowest BCUT2D eigenvalue weighted by Crippen LogP contribution is -2.27. The first-order chi connectivity index (χ1) is 10.3. The van der Waals surface area contributed by atoms with Crippen LogP contribution in [-0.4, -0.2) is 5.91 Å². The van der Waals surface area contributed by atoms with Crippen molar-refractivity contribution < 1.29 is 18.0 Å². The van der Waals surface area contributed by atoms with Crippen molar-refractivity contribution >= 4 is 29.1 Å². The first kappa shape index (κ1) is 16.6. The number of halogens is 5. The minimum Gasteiger partial charge on any atom is -0.345 e. The summed E-state index contributed by atoms with van der Waals surface area (Å²) in [5.41, 5.74) is 0.260. The molecule has 2 rings (SSSR count). The van der Waals surface area contributed by atoms with Gasteiger partial charge in [0.25, 0.3) is 5.91 Å². The highest BCUT2D eigenvalue weighted by molar-refractivity contribution is 6.36. The molecule has 1 atom stereocenters. The van der Waals surface area contributed by atoms with Crippen LogP contribution in [0, 0.1) is 17.5 Å². The molecule has 1 unspecified atom stereocenters. The number of hydrogen-bond donors (Lipinski definition) is 1. The van der Waals surface area contributed by atoms with Gasteiger partial charge in [-0.25, -0.2) is 13.2 Å². The fourth-order valence-corrected chi connectivity index (χ4v) is 2.31. The number of benzene rings is 2. The van der Waals surface area contributed by atoms with E-state index in [0.29, 0.717) is 5.56 Å². The molecule has 0 fully saturated rings. The third kappa shape index (κ3) is 3.54. The van der Waals surface area contributed by atoms with Gasteiger partial charge in [0, 0.05) is 0 Å². The molecule has 0 saturated heterocycles. The molecule has 0 heterocycles. The Kier molecular flexibility index (Phi) is 4.98. The molecular formula is C15H10Cl2F3NO. The van der Waals surface area contributed by atoms with Gasteiger partial charge in [0.1, 0.15) is 5.82 Å². The van der Waals surface area contributed by atoms with Crippen LogP contribution in [0.4, 0.5) is 13.2 Å². The third-order valence-corrected chi connectivity index (χ3v) is 3.65. The zero-order valence-corrected chi connectivity index (χ0v) is 12.8. The molecule has 1 amide bonds. The number of hydrogen-bond acceptors (Lipinski definition) is 1. The smallest absolute Gasteiger partial charge is 0.253 e. The molecule has 2 aromatic rings. The van der Waals surface area contributed by atoms with Crippen molar-refractivity contribution in [1.82, 2.24) is 5.32 Å². The van der Waals surface area contributed by atoms with Gasteiger partial charge < -0.3 is 5.32 Å². The second kappa shape index (κ2) is 6.58. The summed E-state index contributed by atoms with van der Waals surface area (Å²) >= 11 is 11.4. The van der Waals surface area contributed by atoms with Crippen LogP contribution in [0.3, 0.4) is 0 Å². The number of amides is 1. The van der Waals surface area contributed by atoms with Gasteiger partial charge in [-0.15, -0.1) is 0 Å². The van der Waals surface area contributed by atoms with E-state index < -0.39 is 29.4 Å². The van der Waals surface area contributed by atoms with Crippen molar-refractivity contribution in [2.24, 2.45) is 0 Å². The number of carbonyl (C=O) groups is 1. The summed E-state index contributed by atoms with van der Waals surface area (Å²) < 4.78 is 39.5. The SMILES string of the molecule is CC(NC(=O)c1cc(F)c(Cl)cc1Cl)c1ccc(F)c(F)c1. The highest BCUT2D eigenvalue weighted by atomic mass is 35.5. The normalized spacial score (nSPS) is 12.1. The minimum absolute atomic E-state index is 0.0126. The van der Waals surface area contributed by atoms with Crippen LogP contribution in [0.5, 0.6) is 0 Å². The molecule has 7 heteroatoms. The Morgan fingerprint density at radius 1 is 1.00 bits per heavy atom. The van der Waals surface area contributed by atoms with Gasteiger partial charge in [-0.05, 0) is 36.8 Å². The van der Waals surface area contributed by atoms with Crippen molar-refractivity contribution in [2.45, 2.75) is 13.0 Å². The lowest BCUT2D eigenvalue weighted by atomic mass is 10.1. The molecule has 2 aromatic carbocycles. The van der Waals surface area contributed by atoms with Gasteiger partial charge in [-0.3, -0.25) is 4.79 Å². The molecule has 0 aromatic heterocycles. The molecule has 0 spiro atoms. The lowest BCUT2D eigenvalue weighted by molar-refractivity contribution is 0.0939. The van der Waals surface area contributed by atoms with E-state index in [1.807, 2.05) is 0 Å². The average molecular weight is 348 g/mol. The van der Waals surface area contributed by atoms with E-state index in [4.69, 9.17) is 23.2 Å². The maximum absolute atomic E-state index is 13.4. The molecule has 0 radical (unpaired) electrons. The predicted octanol–water partition coefficient (Wildman–Crippen LogP) is 4.90. The fourth-order valence-electron chi connectivity index (χ4n) is 1.84. The largest absolute Gasteiger partial charge is 0.345 e. The summed E-state index contributed by atoms with van der Waals surface area (Å²) in [5.74, 6) is -3.44. The molecule has 0 bridgehead atoms. The Labute approximate surface area is 134 Å². The van der Waals surface area contributed by atoms with Crippen molar-refractivity contribution in [1.29, 1.82) is 0 Å². The Morgan fingerprint density at radius 2 is 1.68 bits per heavy atom. The van der Waals surface area contributed by atoms with Crippen molar-refractivity contribution in [2.75, 3.05) is 0 Å². The van der Waals surface area contributed by atoms with Crippen LogP contribution in [0.2, 0.25) is 10.0 Å². The molecule has 116 valence electrons. The zero-order valence-electron chi connectivity index (χ0n) is 11.3. The lowest BCUT2D eigenvalue weighted by Gasteiger charge is -2.15. The first-order valence-corrected chi connectivity index (χ1v) is 6.95. The topological polar surface area (TPSA) is 29.1 Å². The van der Waals surface area contributed by atoms with Crippen LogP contribution >= 0.6 is 23.2 Å². The number of carbonyl (C=O) groups excluding carboxylic acids is 1. The molecule has 0 aliphatic heterocycles. The molecule has 0 aliphatic carbocycles.